The molecule has 1 unspecified atom stereocenters. The standard InChI is InChI=1S/C10H19N3/c1-8-6-7-9(12(2)3)11-10(8)13(4)5/h7-8H,6H2,1-5H3. The monoisotopic (exact) mass is 181 g/mol. The van der Waals surface area contributed by atoms with Crippen molar-refractivity contribution in [3.8, 4) is 0 Å². The van der Waals surface area contributed by atoms with Crippen molar-refractivity contribution < 1.29 is 0 Å². The van der Waals surface area contributed by atoms with Gasteiger partial charge >= 0.3 is 0 Å². The minimum absolute atomic E-state index is 0.540. The number of nitrogens with zero attached hydrogens (tertiary/aromatic N) is 3. The zero-order valence-corrected chi connectivity index (χ0v) is 9.20. The average molecular weight is 181 g/mol. The number of amidine groups is 1. The Morgan fingerprint density at radius 1 is 1.23 bits per heavy atom. The predicted molar refractivity (Wildman–Crippen MR) is 56.7 cm³/mol. The lowest BCUT2D eigenvalue weighted by atomic mass is 10.0. The van der Waals surface area contributed by atoms with Crippen molar-refractivity contribution in [1.82, 2.24) is 9.80 Å². The molecule has 0 spiro atoms. The van der Waals surface area contributed by atoms with Crippen LogP contribution in [0.1, 0.15) is 13.3 Å². The van der Waals surface area contributed by atoms with Crippen molar-refractivity contribution in [2.24, 2.45) is 10.9 Å². The number of allylic oxidation sites excluding steroid dienone is 1. The van der Waals surface area contributed by atoms with Crippen LogP contribution in [0.25, 0.3) is 0 Å². The molecule has 0 bridgehead atoms. The molecule has 1 atom stereocenters. The summed E-state index contributed by atoms with van der Waals surface area (Å²) in [6.07, 6.45) is 3.28. The van der Waals surface area contributed by atoms with Crippen LogP contribution in [0.15, 0.2) is 16.9 Å². The van der Waals surface area contributed by atoms with E-state index in [4.69, 9.17) is 0 Å². The van der Waals surface area contributed by atoms with Crippen molar-refractivity contribution in [2.75, 3.05) is 28.2 Å². The van der Waals surface area contributed by atoms with Crippen LogP contribution >= 0.6 is 0 Å². The summed E-state index contributed by atoms with van der Waals surface area (Å²) in [5.41, 5.74) is 0. The van der Waals surface area contributed by atoms with E-state index < -0.39 is 0 Å². The Labute approximate surface area is 80.7 Å². The summed E-state index contributed by atoms with van der Waals surface area (Å²) in [6, 6.07) is 0. The van der Waals surface area contributed by atoms with Gasteiger partial charge in [-0.3, -0.25) is 0 Å². The summed E-state index contributed by atoms with van der Waals surface area (Å²) in [7, 11) is 8.15. The fourth-order valence-electron chi connectivity index (χ4n) is 1.48. The van der Waals surface area contributed by atoms with Crippen molar-refractivity contribution in [1.29, 1.82) is 0 Å². The fourth-order valence-corrected chi connectivity index (χ4v) is 1.48. The molecular weight excluding hydrogens is 162 g/mol. The lowest BCUT2D eigenvalue weighted by Crippen LogP contribution is -2.31. The Hall–Kier alpha value is -0.990. The largest absolute Gasteiger partial charge is 0.366 e. The minimum Gasteiger partial charge on any atom is -0.366 e. The molecule has 3 heteroatoms. The molecule has 13 heavy (non-hydrogen) atoms. The molecule has 1 rings (SSSR count). The van der Waals surface area contributed by atoms with E-state index in [0.29, 0.717) is 5.92 Å². The molecule has 0 amide bonds. The van der Waals surface area contributed by atoms with Crippen molar-refractivity contribution >= 4 is 5.84 Å². The molecule has 0 aromatic carbocycles. The van der Waals surface area contributed by atoms with Crippen LogP contribution in [0.4, 0.5) is 0 Å². The number of hydrogen-bond acceptors (Lipinski definition) is 3. The smallest absolute Gasteiger partial charge is 0.126 e. The topological polar surface area (TPSA) is 18.8 Å². The summed E-state index contributed by atoms with van der Waals surface area (Å²) < 4.78 is 0. The maximum absolute atomic E-state index is 4.59. The highest BCUT2D eigenvalue weighted by atomic mass is 15.2. The van der Waals surface area contributed by atoms with Gasteiger partial charge in [-0.25, -0.2) is 4.99 Å². The summed E-state index contributed by atoms with van der Waals surface area (Å²) in [5.74, 6) is 2.78. The van der Waals surface area contributed by atoms with Crippen LogP contribution in [0.3, 0.4) is 0 Å². The first-order valence-corrected chi connectivity index (χ1v) is 4.65. The Kier molecular flexibility index (Phi) is 2.96. The third-order valence-corrected chi connectivity index (χ3v) is 2.24. The molecule has 1 aliphatic heterocycles. The number of rotatable bonds is 1. The summed E-state index contributed by atoms with van der Waals surface area (Å²) in [6.45, 7) is 2.21. The second kappa shape index (κ2) is 3.81. The van der Waals surface area contributed by atoms with Gasteiger partial charge in [0.05, 0.1) is 0 Å². The summed E-state index contributed by atoms with van der Waals surface area (Å²) in [4.78, 5) is 8.74. The van der Waals surface area contributed by atoms with E-state index in [2.05, 4.69) is 27.8 Å². The first-order valence-electron chi connectivity index (χ1n) is 4.65. The molecule has 74 valence electrons. The van der Waals surface area contributed by atoms with Crippen LogP contribution in [0.2, 0.25) is 0 Å². The van der Waals surface area contributed by atoms with Crippen LogP contribution < -0.4 is 0 Å². The summed E-state index contributed by atoms with van der Waals surface area (Å²) in [5, 5.41) is 0. The highest BCUT2D eigenvalue weighted by Gasteiger charge is 2.17. The normalized spacial score (nSPS) is 22.1. The van der Waals surface area contributed by atoms with E-state index in [1.807, 2.05) is 28.2 Å². The first kappa shape index (κ1) is 10.1. The van der Waals surface area contributed by atoms with Crippen molar-refractivity contribution in [3.05, 3.63) is 11.9 Å². The average Bonchev–Trinajstić information content (AvgIpc) is 2.04. The molecule has 1 aliphatic rings. The molecule has 3 nitrogen and oxygen atoms in total. The van der Waals surface area contributed by atoms with Crippen LogP contribution in [0, 0.1) is 5.92 Å². The zero-order chi connectivity index (χ0) is 10.0. The molecule has 0 radical (unpaired) electrons. The first-order chi connectivity index (χ1) is 6.02. The van der Waals surface area contributed by atoms with Crippen LogP contribution in [0.5, 0.6) is 0 Å². The van der Waals surface area contributed by atoms with Gasteiger partial charge in [-0.15, -0.1) is 0 Å². The third-order valence-electron chi connectivity index (χ3n) is 2.24. The highest BCUT2D eigenvalue weighted by Crippen LogP contribution is 2.18. The van der Waals surface area contributed by atoms with Gasteiger partial charge in [-0.2, -0.15) is 0 Å². The van der Waals surface area contributed by atoms with Gasteiger partial charge in [0.2, 0.25) is 0 Å². The SMILES string of the molecule is CC1CC=C(N(C)C)N=C1N(C)C. The molecule has 1 heterocycles. The second-order valence-corrected chi connectivity index (χ2v) is 3.96. The van der Waals surface area contributed by atoms with E-state index >= 15 is 0 Å². The van der Waals surface area contributed by atoms with Crippen molar-refractivity contribution in [3.63, 3.8) is 0 Å². The fraction of sp³-hybridized carbons (Fsp3) is 0.700. The summed E-state index contributed by atoms with van der Waals surface area (Å²) >= 11 is 0. The number of aliphatic imine (C=N–C) groups is 1. The van der Waals surface area contributed by atoms with Gasteiger partial charge in [0, 0.05) is 34.1 Å². The molecular formula is C10H19N3. The van der Waals surface area contributed by atoms with E-state index in [1.165, 1.54) is 5.84 Å². The Morgan fingerprint density at radius 2 is 1.85 bits per heavy atom. The molecule has 0 saturated carbocycles. The third kappa shape index (κ3) is 2.23. The maximum Gasteiger partial charge on any atom is 0.126 e. The van der Waals surface area contributed by atoms with Gasteiger partial charge in [-0.05, 0) is 12.5 Å². The zero-order valence-electron chi connectivity index (χ0n) is 9.20. The van der Waals surface area contributed by atoms with E-state index in [-0.39, 0.29) is 0 Å². The van der Waals surface area contributed by atoms with Gasteiger partial charge < -0.3 is 9.80 Å². The van der Waals surface area contributed by atoms with Crippen molar-refractivity contribution in [2.45, 2.75) is 13.3 Å². The lowest BCUT2D eigenvalue weighted by Gasteiger charge is -2.27. The predicted octanol–water partition coefficient (Wildman–Crippen LogP) is 1.39. The molecule has 0 saturated heterocycles. The van der Waals surface area contributed by atoms with Gasteiger partial charge in [-0.1, -0.05) is 6.92 Å². The minimum atomic E-state index is 0.540. The molecule has 0 aliphatic carbocycles. The second-order valence-electron chi connectivity index (χ2n) is 3.96. The Bertz CT molecular complexity index is 239. The lowest BCUT2D eigenvalue weighted by molar-refractivity contribution is 0.476. The van der Waals surface area contributed by atoms with Gasteiger partial charge in [0.1, 0.15) is 11.7 Å². The van der Waals surface area contributed by atoms with E-state index in [1.54, 1.807) is 0 Å². The molecule has 0 fully saturated rings. The van der Waals surface area contributed by atoms with Crippen LogP contribution in [-0.4, -0.2) is 43.8 Å². The van der Waals surface area contributed by atoms with Gasteiger partial charge in [0.15, 0.2) is 0 Å². The Balaban J connectivity index is 2.85. The Morgan fingerprint density at radius 3 is 2.31 bits per heavy atom. The quantitative estimate of drug-likeness (QED) is 0.609. The molecule has 0 aromatic rings. The maximum atomic E-state index is 4.59. The van der Waals surface area contributed by atoms with Crippen LogP contribution in [-0.2, 0) is 0 Å². The molecule has 0 aromatic heterocycles. The van der Waals surface area contributed by atoms with E-state index in [9.17, 15) is 0 Å². The highest BCUT2D eigenvalue weighted by molar-refractivity contribution is 5.85. The number of hydrogen-bond donors (Lipinski definition) is 0. The van der Waals surface area contributed by atoms with E-state index in [0.717, 1.165) is 12.2 Å². The van der Waals surface area contributed by atoms with Gasteiger partial charge in [0.25, 0.3) is 0 Å². The molecule has 0 N–H and O–H groups in total.